The molecule has 3 unspecified atom stereocenters. The molecule has 3 heterocycles. The van der Waals surface area contributed by atoms with Gasteiger partial charge < -0.3 is 32.3 Å². The molecule has 0 radical (unpaired) electrons. The molecule has 144 valence electrons. The molecular formula is C18H26N8O. The van der Waals surface area contributed by atoms with Gasteiger partial charge in [0, 0.05) is 37.3 Å². The standard InChI is InChI=1S/C18H26N8O/c1-10-9-27-12(7-19)8-26(10)16-6-14(22-18(21)23-16)11-3-4-13-15(5-11)24-25(2)17(13)20/h3-6,10,12,17,24H,7-9,19-20H2,1-2H3,(H2,21,22,23). The van der Waals surface area contributed by atoms with Gasteiger partial charge in [0.2, 0.25) is 5.95 Å². The van der Waals surface area contributed by atoms with E-state index >= 15 is 0 Å². The number of nitrogens with zero attached hydrogens (tertiary/aromatic N) is 4. The van der Waals surface area contributed by atoms with Crippen LogP contribution in [0.2, 0.25) is 0 Å². The monoisotopic (exact) mass is 370 g/mol. The summed E-state index contributed by atoms with van der Waals surface area (Å²) in [5.74, 6) is 1.03. The molecular weight excluding hydrogens is 344 g/mol. The number of fused-ring (bicyclic) bond motifs is 1. The van der Waals surface area contributed by atoms with Crippen molar-refractivity contribution in [3.8, 4) is 11.3 Å². The molecule has 2 aliphatic heterocycles. The number of ether oxygens (including phenoxy) is 1. The second-order valence-electron chi connectivity index (χ2n) is 7.13. The van der Waals surface area contributed by atoms with Crippen LogP contribution in [0.15, 0.2) is 24.3 Å². The minimum atomic E-state index is -0.164. The van der Waals surface area contributed by atoms with Gasteiger partial charge in [-0.2, -0.15) is 4.98 Å². The number of nitrogen functional groups attached to an aromatic ring is 1. The van der Waals surface area contributed by atoms with E-state index in [9.17, 15) is 0 Å². The fourth-order valence-electron chi connectivity index (χ4n) is 3.57. The van der Waals surface area contributed by atoms with Crippen LogP contribution < -0.4 is 27.5 Å². The van der Waals surface area contributed by atoms with Crippen LogP contribution in [0.4, 0.5) is 17.5 Å². The SMILES string of the molecule is CC1COC(CN)CN1c1cc(-c2ccc3c(c2)NN(C)C3N)nc(N)n1. The summed E-state index contributed by atoms with van der Waals surface area (Å²) in [4.78, 5) is 11.1. The highest BCUT2D eigenvalue weighted by Gasteiger charge is 2.28. The summed E-state index contributed by atoms with van der Waals surface area (Å²) in [5, 5.41) is 1.87. The van der Waals surface area contributed by atoms with Gasteiger partial charge in [0.1, 0.15) is 12.0 Å². The van der Waals surface area contributed by atoms with E-state index in [0.29, 0.717) is 19.7 Å². The van der Waals surface area contributed by atoms with Crippen LogP contribution in [0.25, 0.3) is 11.3 Å². The van der Waals surface area contributed by atoms with Crippen LogP contribution >= 0.6 is 0 Å². The molecule has 0 amide bonds. The number of aromatic nitrogens is 2. The van der Waals surface area contributed by atoms with Crippen LogP contribution in [0.5, 0.6) is 0 Å². The largest absolute Gasteiger partial charge is 0.373 e. The molecule has 2 aromatic rings. The maximum atomic E-state index is 6.15. The third-order valence-corrected chi connectivity index (χ3v) is 5.17. The maximum Gasteiger partial charge on any atom is 0.222 e. The third kappa shape index (κ3) is 3.30. The van der Waals surface area contributed by atoms with Gasteiger partial charge in [-0.05, 0) is 13.0 Å². The van der Waals surface area contributed by atoms with Gasteiger partial charge in [-0.1, -0.05) is 12.1 Å². The van der Waals surface area contributed by atoms with Crippen LogP contribution in [0, 0.1) is 0 Å². The van der Waals surface area contributed by atoms with Crippen LogP contribution in [-0.4, -0.2) is 53.9 Å². The highest BCUT2D eigenvalue weighted by Crippen LogP contribution is 2.35. The van der Waals surface area contributed by atoms with Crippen molar-refractivity contribution < 1.29 is 4.74 Å². The average Bonchev–Trinajstić information content (AvgIpc) is 2.95. The quantitative estimate of drug-likeness (QED) is 0.610. The summed E-state index contributed by atoms with van der Waals surface area (Å²) in [6.45, 7) is 3.86. The molecule has 1 saturated heterocycles. The van der Waals surface area contributed by atoms with E-state index in [2.05, 4.69) is 27.2 Å². The molecule has 9 heteroatoms. The Kier molecular flexibility index (Phi) is 4.60. The van der Waals surface area contributed by atoms with Gasteiger partial charge in [-0.15, -0.1) is 0 Å². The third-order valence-electron chi connectivity index (χ3n) is 5.17. The van der Waals surface area contributed by atoms with Gasteiger partial charge >= 0.3 is 0 Å². The summed E-state index contributed by atoms with van der Waals surface area (Å²) in [6.07, 6.45) is -0.176. The second-order valence-corrected chi connectivity index (χ2v) is 7.13. The van der Waals surface area contributed by atoms with Gasteiger partial charge in [0.05, 0.1) is 30.1 Å². The van der Waals surface area contributed by atoms with Crippen molar-refractivity contribution in [3.63, 3.8) is 0 Å². The van der Waals surface area contributed by atoms with Crippen molar-refractivity contribution in [2.75, 3.05) is 42.8 Å². The van der Waals surface area contributed by atoms with Gasteiger partial charge in [0.25, 0.3) is 0 Å². The first-order chi connectivity index (χ1) is 13.0. The van der Waals surface area contributed by atoms with Gasteiger partial charge in [0.15, 0.2) is 0 Å². The summed E-state index contributed by atoms with van der Waals surface area (Å²) in [5.41, 5.74) is 25.0. The van der Waals surface area contributed by atoms with E-state index in [-0.39, 0.29) is 24.3 Å². The molecule has 2 aliphatic rings. The first-order valence-electron chi connectivity index (χ1n) is 9.08. The number of hydrogen-bond acceptors (Lipinski definition) is 9. The topological polar surface area (TPSA) is 132 Å². The van der Waals surface area contributed by atoms with Gasteiger partial charge in [-0.25, -0.2) is 9.99 Å². The van der Waals surface area contributed by atoms with E-state index in [1.54, 1.807) is 0 Å². The van der Waals surface area contributed by atoms with Crippen molar-refractivity contribution in [1.29, 1.82) is 0 Å². The van der Waals surface area contributed by atoms with Crippen molar-refractivity contribution in [3.05, 3.63) is 29.8 Å². The Morgan fingerprint density at radius 2 is 2.11 bits per heavy atom. The summed E-state index contributed by atoms with van der Waals surface area (Å²) in [7, 11) is 1.92. The maximum absolute atomic E-state index is 6.15. The van der Waals surface area contributed by atoms with Crippen molar-refractivity contribution in [1.82, 2.24) is 15.0 Å². The highest BCUT2D eigenvalue weighted by atomic mass is 16.5. The molecule has 0 aliphatic carbocycles. The molecule has 1 aromatic carbocycles. The lowest BCUT2D eigenvalue weighted by Gasteiger charge is -2.38. The second kappa shape index (κ2) is 6.93. The van der Waals surface area contributed by atoms with E-state index in [1.807, 2.05) is 36.3 Å². The Bertz CT molecular complexity index is 844. The Morgan fingerprint density at radius 1 is 1.30 bits per heavy atom. The van der Waals surface area contributed by atoms with E-state index in [1.165, 1.54) is 0 Å². The lowest BCUT2D eigenvalue weighted by molar-refractivity contribution is 0.0280. The molecule has 3 atom stereocenters. The van der Waals surface area contributed by atoms with Gasteiger partial charge in [-0.3, -0.25) is 0 Å². The molecule has 0 spiro atoms. The number of anilines is 3. The summed E-state index contributed by atoms with van der Waals surface area (Å²) >= 11 is 0. The molecule has 0 saturated carbocycles. The predicted octanol–water partition coefficient (Wildman–Crippen LogP) is 0.508. The normalized spacial score (nSPS) is 25.3. The number of morpholine rings is 1. The van der Waals surface area contributed by atoms with Crippen LogP contribution in [0.1, 0.15) is 18.7 Å². The fourth-order valence-corrected chi connectivity index (χ4v) is 3.57. The minimum absolute atomic E-state index is 0.0120. The molecule has 4 rings (SSSR count). The molecule has 1 aromatic heterocycles. The zero-order chi connectivity index (χ0) is 19.1. The molecule has 1 fully saturated rings. The summed E-state index contributed by atoms with van der Waals surface area (Å²) in [6, 6.07) is 8.22. The minimum Gasteiger partial charge on any atom is -0.373 e. The number of hydrogen-bond donors (Lipinski definition) is 4. The zero-order valence-corrected chi connectivity index (χ0v) is 15.6. The Hall–Kier alpha value is -2.46. The average molecular weight is 370 g/mol. The molecule has 9 nitrogen and oxygen atoms in total. The number of benzene rings is 1. The first-order valence-corrected chi connectivity index (χ1v) is 9.08. The number of nitrogens with one attached hydrogen (secondary N) is 1. The number of hydrazine groups is 1. The van der Waals surface area contributed by atoms with Crippen molar-refractivity contribution in [2.45, 2.75) is 25.2 Å². The number of rotatable bonds is 3. The summed E-state index contributed by atoms with van der Waals surface area (Å²) < 4.78 is 5.74. The lowest BCUT2D eigenvalue weighted by atomic mass is 10.1. The highest BCUT2D eigenvalue weighted by molar-refractivity contribution is 5.71. The van der Waals surface area contributed by atoms with Crippen LogP contribution in [0.3, 0.4) is 0 Å². The van der Waals surface area contributed by atoms with Crippen LogP contribution in [-0.2, 0) is 4.74 Å². The smallest absolute Gasteiger partial charge is 0.222 e. The van der Waals surface area contributed by atoms with E-state index in [0.717, 1.165) is 28.3 Å². The van der Waals surface area contributed by atoms with E-state index < -0.39 is 0 Å². The van der Waals surface area contributed by atoms with Crippen molar-refractivity contribution >= 4 is 17.5 Å². The molecule has 27 heavy (non-hydrogen) atoms. The molecule has 0 bridgehead atoms. The number of nitrogens with two attached hydrogens (primary N) is 3. The first kappa shape index (κ1) is 17.9. The predicted molar refractivity (Wildman–Crippen MR) is 106 cm³/mol. The van der Waals surface area contributed by atoms with E-state index in [4.69, 9.17) is 21.9 Å². The fraction of sp³-hybridized carbons (Fsp3) is 0.444. The lowest BCUT2D eigenvalue weighted by Crippen LogP contribution is -2.51. The zero-order valence-electron chi connectivity index (χ0n) is 15.6. The van der Waals surface area contributed by atoms with Crippen molar-refractivity contribution in [2.24, 2.45) is 11.5 Å². The Balaban J connectivity index is 1.68. The molecule has 7 N–H and O–H groups in total. The Morgan fingerprint density at radius 3 is 2.89 bits per heavy atom. The Labute approximate surface area is 158 Å².